The standard InChI is InChI=1S/C25H25F7N2O2/c26-20-4-3-16(9-21(20)35)12-34(22(36)23(5-6-33-14-23)11-15-1-2-15)13-17-7-18(24(27,28)29)10-19(8-17)25(30,31)32/h3-4,7-10,15,33,35H,1-2,5-6,11-14H2. The molecular weight excluding hydrogens is 493 g/mol. The maximum atomic E-state index is 13.9. The number of amides is 1. The fraction of sp³-hybridized carbons (Fsp3) is 0.480. The van der Waals surface area contributed by atoms with Crippen LogP contribution in [0.3, 0.4) is 0 Å². The van der Waals surface area contributed by atoms with E-state index in [-0.39, 0.29) is 23.7 Å². The van der Waals surface area contributed by atoms with Gasteiger partial charge >= 0.3 is 12.4 Å². The summed E-state index contributed by atoms with van der Waals surface area (Å²) in [5.74, 6) is -1.62. The lowest BCUT2D eigenvalue weighted by Crippen LogP contribution is -2.45. The summed E-state index contributed by atoms with van der Waals surface area (Å²) >= 11 is 0. The van der Waals surface area contributed by atoms with Crippen molar-refractivity contribution < 1.29 is 40.6 Å². The minimum absolute atomic E-state index is 0.0448. The van der Waals surface area contributed by atoms with Crippen LogP contribution >= 0.6 is 0 Å². The predicted octanol–water partition coefficient (Wildman–Crippen LogP) is 5.88. The zero-order valence-electron chi connectivity index (χ0n) is 19.1. The van der Waals surface area contributed by atoms with Crippen molar-refractivity contribution in [2.24, 2.45) is 11.3 Å². The molecule has 1 saturated carbocycles. The summed E-state index contributed by atoms with van der Waals surface area (Å²) in [6.45, 7) is 0.169. The SMILES string of the molecule is O=C(N(Cc1cc(C(F)(F)F)cc(C(F)(F)F)c1)Cc1ccc(F)c(O)c1)C1(CC2CC2)CCNC1. The Labute approximate surface area is 203 Å². The number of carbonyl (C=O) groups is 1. The molecule has 2 N–H and O–H groups in total. The first-order valence-electron chi connectivity index (χ1n) is 11.5. The van der Waals surface area contributed by atoms with Gasteiger partial charge in [0.25, 0.3) is 0 Å². The molecule has 2 aromatic carbocycles. The van der Waals surface area contributed by atoms with Crippen molar-refractivity contribution in [1.82, 2.24) is 10.2 Å². The molecule has 0 radical (unpaired) electrons. The monoisotopic (exact) mass is 518 g/mol. The Morgan fingerprint density at radius 2 is 1.58 bits per heavy atom. The summed E-state index contributed by atoms with van der Waals surface area (Å²) in [7, 11) is 0. The third kappa shape index (κ3) is 5.93. The Morgan fingerprint density at radius 3 is 2.08 bits per heavy atom. The van der Waals surface area contributed by atoms with Crippen LogP contribution in [0.1, 0.15) is 47.9 Å². The van der Waals surface area contributed by atoms with E-state index in [0.29, 0.717) is 44.0 Å². The molecule has 1 heterocycles. The van der Waals surface area contributed by atoms with E-state index in [1.165, 1.54) is 11.0 Å². The van der Waals surface area contributed by atoms with Gasteiger partial charge in [-0.25, -0.2) is 4.39 Å². The summed E-state index contributed by atoms with van der Waals surface area (Å²) in [4.78, 5) is 15.1. The van der Waals surface area contributed by atoms with Crippen LogP contribution in [0, 0.1) is 17.2 Å². The van der Waals surface area contributed by atoms with Crippen molar-refractivity contribution in [3.05, 3.63) is 64.5 Å². The number of rotatable bonds is 7. The Balaban J connectivity index is 1.72. The highest BCUT2D eigenvalue weighted by Gasteiger charge is 2.47. The molecule has 1 atom stereocenters. The second kappa shape index (κ2) is 9.57. The lowest BCUT2D eigenvalue weighted by molar-refractivity contribution is -0.143. The number of phenols is 1. The lowest BCUT2D eigenvalue weighted by Gasteiger charge is -2.34. The van der Waals surface area contributed by atoms with Gasteiger partial charge in [0.15, 0.2) is 11.6 Å². The van der Waals surface area contributed by atoms with Crippen LogP contribution in [0.4, 0.5) is 30.7 Å². The molecule has 36 heavy (non-hydrogen) atoms. The maximum Gasteiger partial charge on any atom is 0.416 e. The quantitative estimate of drug-likeness (QED) is 0.451. The predicted molar refractivity (Wildman–Crippen MR) is 116 cm³/mol. The molecule has 0 aromatic heterocycles. The van der Waals surface area contributed by atoms with E-state index in [2.05, 4.69) is 5.32 Å². The Morgan fingerprint density at radius 1 is 0.972 bits per heavy atom. The fourth-order valence-corrected chi connectivity index (χ4v) is 4.81. The van der Waals surface area contributed by atoms with Crippen LogP contribution in [0.25, 0.3) is 0 Å². The molecule has 1 aliphatic heterocycles. The first-order chi connectivity index (χ1) is 16.8. The van der Waals surface area contributed by atoms with Crippen LogP contribution < -0.4 is 5.32 Å². The first kappa shape index (κ1) is 26.2. The summed E-state index contributed by atoms with van der Waals surface area (Å²) in [5, 5.41) is 12.9. The number of hydrogen-bond acceptors (Lipinski definition) is 3. The van der Waals surface area contributed by atoms with Gasteiger partial charge in [0.05, 0.1) is 16.5 Å². The normalized spacial score (nSPS) is 20.5. The Kier molecular flexibility index (Phi) is 6.98. The smallest absolute Gasteiger partial charge is 0.416 e. The van der Waals surface area contributed by atoms with Gasteiger partial charge in [0, 0.05) is 19.6 Å². The van der Waals surface area contributed by atoms with Crippen molar-refractivity contribution in [2.75, 3.05) is 13.1 Å². The summed E-state index contributed by atoms with van der Waals surface area (Å²) < 4.78 is 94.0. The van der Waals surface area contributed by atoms with Gasteiger partial charge in [0.2, 0.25) is 5.91 Å². The number of halogens is 7. The van der Waals surface area contributed by atoms with Crippen molar-refractivity contribution >= 4 is 5.91 Å². The molecule has 2 aromatic rings. The number of hydrogen-bond donors (Lipinski definition) is 2. The largest absolute Gasteiger partial charge is 0.505 e. The molecule has 11 heteroatoms. The lowest BCUT2D eigenvalue weighted by atomic mass is 9.80. The van der Waals surface area contributed by atoms with Crippen molar-refractivity contribution in [1.29, 1.82) is 0 Å². The van der Waals surface area contributed by atoms with Gasteiger partial charge in [0.1, 0.15) is 0 Å². The second-order valence-corrected chi connectivity index (χ2v) is 9.72. The number of benzene rings is 2. The van der Waals surface area contributed by atoms with Gasteiger partial charge in [-0.15, -0.1) is 0 Å². The molecule has 1 saturated heterocycles. The number of phenolic OH excluding ortho intramolecular Hbond substituents is 1. The van der Waals surface area contributed by atoms with E-state index in [1.54, 1.807) is 0 Å². The maximum absolute atomic E-state index is 13.9. The minimum atomic E-state index is -5.02. The van der Waals surface area contributed by atoms with Crippen LogP contribution in [0.2, 0.25) is 0 Å². The Bertz CT molecular complexity index is 1090. The highest BCUT2D eigenvalue weighted by molar-refractivity contribution is 5.83. The van der Waals surface area contributed by atoms with E-state index >= 15 is 0 Å². The van der Waals surface area contributed by atoms with E-state index in [4.69, 9.17) is 0 Å². The summed E-state index contributed by atoms with van der Waals surface area (Å²) in [6, 6.07) is 4.64. The van der Waals surface area contributed by atoms with Crippen molar-refractivity contribution in [3.8, 4) is 5.75 Å². The van der Waals surface area contributed by atoms with Gasteiger partial charge in [-0.05, 0) is 66.8 Å². The highest BCUT2D eigenvalue weighted by Crippen LogP contribution is 2.45. The van der Waals surface area contributed by atoms with E-state index in [0.717, 1.165) is 25.0 Å². The molecule has 1 amide bonds. The molecule has 4 nitrogen and oxygen atoms in total. The topological polar surface area (TPSA) is 52.6 Å². The minimum Gasteiger partial charge on any atom is -0.505 e. The summed E-state index contributed by atoms with van der Waals surface area (Å²) in [5.41, 5.74) is -3.80. The van der Waals surface area contributed by atoms with Crippen molar-refractivity contribution in [3.63, 3.8) is 0 Å². The molecule has 4 rings (SSSR count). The third-order valence-corrected chi connectivity index (χ3v) is 6.77. The molecule has 1 aliphatic carbocycles. The van der Waals surface area contributed by atoms with Gasteiger partial charge in [-0.3, -0.25) is 4.79 Å². The van der Waals surface area contributed by atoms with Crippen molar-refractivity contribution in [2.45, 2.75) is 51.1 Å². The molecule has 2 aliphatic rings. The number of aromatic hydroxyl groups is 1. The average molecular weight is 518 g/mol. The van der Waals surface area contributed by atoms with Crippen LogP contribution in [0.5, 0.6) is 5.75 Å². The van der Waals surface area contributed by atoms with E-state index in [9.17, 15) is 40.6 Å². The van der Waals surface area contributed by atoms with E-state index in [1.807, 2.05) is 0 Å². The number of carbonyl (C=O) groups excluding carboxylic acids is 1. The number of alkyl halides is 6. The van der Waals surface area contributed by atoms with Gasteiger partial charge < -0.3 is 15.3 Å². The van der Waals surface area contributed by atoms with E-state index < -0.39 is 52.9 Å². The Hall–Kier alpha value is -2.82. The first-order valence-corrected chi connectivity index (χ1v) is 11.5. The molecule has 0 spiro atoms. The fourth-order valence-electron chi connectivity index (χ4n) is 4.81. The van der Waals surface area contributed by atoms with Crippen LogP contribution in [0.15, 0.2) is 36.4 Å². The van der Waals surface area contributed by atoms with Crippen LogP contribution in [-0.4, -0.2) is 29.0 Å². The van der Waals surface area contributed by atoms with Gasteiger partial charge in [-0.2, -0.15) is 26.3 Å². The second-order valence-electron chi connectivity index (χ2n) is 9.72. The average Bonchev–Trinajstić information content (AvgIpc) is 3.47. The zero-order valence-corrected chi connectivity index (χ0v) is 19.1. The van der Waals surface area contributed by atoms with Crippen LogP contribution in [-0.2, 0) is 30.2 Å². The zero-order chi connectivity index (χ0) is 26.3. The molecule has 1 unspecified atom stereocenters. The summed E-state index contributed by atoms with van der Waals surface area (Å²) in [6.07, 6.45) is -7.05. The molecule has 196 valence electrons. The van der Waals surface area contributed by atoms with Gasteiger partial charge in [-0.1, -0.05) is 18.9 Å². The molecule has 0 bridgehead atoms. The molecular formula is C25H25F7N2O2. The molecule has 2 fully saturated rings. The number of nitrogens with zero attached hydrogens (tertiary/aromatic N) is 1. The highest BCUT2D eigenvalue weighted by atomic mass is 19.4. The number of nitrogens with one attached hydrogen (secondary N) is 1. The third-order valence-electron chi connectivity index (χ3n) is 6.77.